The molecule has 1 fully saturated rings. The Morgan fingerprint density at radius 3 is 2.56 bits per heavy atom. The van der Waals surface area contributed by atoms with E-state index in [2.05, 4.69) is 15.0 Å². The first-order valence-electron chi connectivity index (χ1n) is 8.25. The van der Waals surface area contributed by atoms with E-state index in [0.717, 1.165) is 18.4 Å². The Morgan fingerprint density at radius 1 is 1.08 bits per heavy atom. The maximum Gasteiger partial charge on any atom is 0.241 e. The van der Waals surface area contributed by atoms with Gasteiger partial charge in [-0.3, -0.25) is 4.90 Å². The minimum atomic E-state index is -0.180. The van der Waals surface area contributed by atoms with Gasteiger partial charge in [0, 0.05) is 28.7 Å². The number of hydrogen-bond acceptors (Lipinski definition) is 4. The maximum absolute atomic E-state index is 13.9. The van der Waals surface area contributed by atoms with E-state index in [-0.39, 0.29) is 5.82 Å². The first kappa shape index (κ1) is 16.2. The fourth-order valence-electron chi connectivity index (χ4n) is 2.81. The van der Waals surface area contributed by atoms with Crippen LogP contribution in [-0.2, 0) is 13.1 Å². The molecular weight excluding hydrogens is 341 g/mol. The molecule has 0 amide bonds. The van der Waals surface area contributed by atoms with Crippen molar-refractivity contribution in [1.29, 1.82) is 0 Å². The van der Waals surface area contributed by atoms with E-state index >= 15 is 0 Å². The molecule has 0 saturated heterocycles. The normalized spacial score (nSPS) is 14.2. The monoisotopic (exact) mass is 357 g/mol. The first-order valence-corrected chi connectivity index (χ1v) is 8.63. The Kier molecular flexibility index (Phi) is 4.51. The molecule has 0 unspecified atom stereocenters. The van der Waals surface area contributed by atoms with Crippen LogP contribution in [0.3, 0.4) is 0 Å². The molecule has 1 aromatic heterocycles. The molecule has 6 heteroatoms. The molecule has 4 rings (SSSR count). The van der Waals surface area contributed by atoms with Gasteiger partial charge < -0.3 is 4.52 Å². The van der Waals surface area contributed by atoms with Gasteiger partial charge in [-0.25, -0.2) is 4.39 Å². The van der Waals surface area contributed by atoms with Crippen LogP contribution in [0.5, 0.6) is 0 Å². The van der Waals surface area contributed by atoms with Crippen molar-refractivity contribution in [3.63, 3.8) is 0 Å². The zero-order chi connectivity index (χ0) is 17.2. The van der Waals surface area contributed by atoms with Crippen LogP contribution in [0.2, 0.25) is 5.02 Å². The summed E-state index contributed by atoms with van der Waals surface area (Å²) in [6, 6.07) is 14.6. The van der Waals surface area contributed by atoms with Gasteiger partial charge >= 0.3 is 0 Å². The summed E-state index contributed by atoms with van der Waals surface area (Å²) in [7, 11) is 0. The minimum Gasteiger partial charge on any atom is -0.338 e. The van der Waals surface area contributed by atoms with E-state index in [1.807, 2.05) is 24.3 Å². The Hall–Kier alpha value is -2.24. The predicted octanol–water partition coefficient (Wildman–Crippen LogP) is 4.69. The zero-order valence-electron chi connectivity index (χ0n) is 13.5. The van der Waals surface area contributed by atoms with Crippen molar-refractivity contribution in [3.8, 4) is 11.4 Å². The first-order chi connectivity index (χ1) is 12.2. The van der Waals surface area contributed by atoms with E-state index in [0.29, 0.717) is 41.4 Å². The van der Waals surface area contributed by atoms with E-state index in [1.54, 1.807) is 18.2 Å². The van der Waals surface area contributed by atoms with Crippen LogP contribution in [0.15, 0.2) is 53.1 Å². The van der Waals surface area contributed by atoms with Crippen LogP contribution in [-0.4, -0.2) is 21.1 Å². The second-order valence-electron chi connectivity index (χ2n) is 6.25. The average molecular weight is 358 g/mol. The molecule has 25 heavy (non-hydrogen) atoms. The highest BCUT2D eigenvalue weighted by molar-refractivity contribution is 6.30. The molecule has 0 aliphatic heterocycles. The molecular formula is C19H17ClFN3O. The van der Waals surface area contributed by atoms with Crippen LogP contribution >= 0.6 is 11.6 Å². The highest BCUT2D eigenvalue weighted by Gasteiger charge is 2.30. The molecule has 4 nitrogen and oxygen atoms in total. The summed E-state index contributed by atoms with van der Waals surface area (Å²) in [5.74, 6) is 0.891. The van der Waals surface area contributed by atoms with Gasteiger partial charge in [-0.2, -0.15) is 4.98 Å². The number of halogens is 2. The Balaban J connectivity index is 1.49. The molecule has 0 atom stereocenters. The van der Waals surface area contributed by atoms with Crippen LogP contribution in [0.4, 0.5) is 4.39 Å². The molecule has 3 aromatic rings. The summed E-state index contributed by atoms with van der Waals surface area (Å²) in [6.45, 7) is 1.05. The number of benzene rings is 2. The van der Waals surface area contributed by atoms with Crippen LogP contribution in [0.25, 0.3) is 11.4 Å². The number of aromatic nitrogens is 2. The maximum atomic E-state index is 13.9. The second kappa shape index (κ2) is 6.94. The molecule has 0 spiro atoms. The largest absolute Gasteiger partial charge is 0.338 e. The summed E-state index contributed by atoms with van der Waals surface area (Å²) in [4.78, 5) is 6.66. The number of rotatable bonds is 6. The predicted molar refractivity (Wildman–Crippen MR) is 93.4 cm³/mol. The molecule has 0 N–H and O–H groups in total. The average Bonchev–Trinajstić information content (AvgIpc) is 3.36. The van der Waals surface area contributed by atoms with Gasteiger partial charge in [-0.1, -0.05) is 35.0 Å². The summed E-state index contributed by atoms with van der Waals surface area (Å²) in [6.07, 6.45) is 2.24. The lowest BCUT2D eigenvalue weighted by Crippen LogP contribution is -2.25. The van der Waals surface area contributed by atoms with E-state index in [4.69, 9.17) is 16.1 Å². The zero-order valence-corrected chi connectivity index (χ0v) is 14.3. The molecule has 1 aliphatic carbocycles. The van der Waals surface area contributed by atoms with Crippen molar-refractivity contribution in [1.82, 2.24) is 15.0 Å². The Bertz CT molecular complexity index is 861. The van der Waals surface area contributed by atoms with Gasteiger partial charge in [0.05, 0.1) is 6.54 Å². The van der Waals surface area contributed by atoms with Crippen LogP contribution in [0.1, 0.15) is 24.3 Å². The molecule has 1 aliphatic rings. The van der Waals surface area contributed by atoms with Gasteiger partial charge in [0.15, 0.2) is 0 Å². The minimum absolute atomic E-state index is 0.180. The number of hydrogen-bond donors (Lipinski definition) is 0. The smallest absolute Gasteiger partial charge is 0.241 e. The van der Waals surface area contributed by atoms with Crippen LogP contribution < -0.4 is 0 Å². The van der Waals surface area contributed by atoms with Crippen LogP contribution in [0, 0.1) is 5.82 Å². The summed E-state index contributed by atoms with van der Waals surface area (Å²) < 4.78 is 19.3. The molecule has 0 radical (unpaired) electrons. The molecule has 0 bridgehead atoms. The Labute approximate surface area is 150 Å². The SMILES string of the molecule is Fc1ccccc1CN(Cc1nc(-c2ccc(Cl)cc2)no1)C1CC1. The van der Waals surface area contributed by atoms with Crippen molar-refractivity contribution < 1.29 is 8.91 Å². The summed E-state index contributed by atoms with van der Waals surface area (Å²) in [5, 5.41) is 4.71. The van der Waals surface area contributed by atoms with Crippen molar-refractivity contribution in [2.75, 3.05) is 0 Å². The van der Waals surface area contributed by atoms with Gasteiger partial charge in [0.2, 0.25) is 11.7 Å². The van der Waals surface area contributed by atoms with E-state index < -0.39 is 0 Å². The standard InChI is InChI=1S/C19H17ClFN3O/c20-15-7-5-13(6-8-15)19-22-18(25-23-19)12-24(16-9-10-16)11-14-3-1-2-4-17(14)21/h1-8,16H,9-12H2. The van der Waals surface area contributed by atoms with Gasteiger partial charge in [-0.15, -0.1) is 0 Å². The van der Waals surface area contributed by atoms with Gasteiger partial charge in [-0.05, 0) is 43.2 Å². The van der Waals surface area contributed by atoms with Crippen molar-refractivity contribution in [3.05, 3.63) is 70.8 Å². The number of nitrogens with zero attached hydrogens (tertiary/aromatic N) is 3. The fraction of sp³-hybridized carbons (Fsp3) is 0.263. The van der Waals surface area contributed by atoms with Gasteiger partial charge in [0.25, 0.3) is 0 Å². The lowest BCUT2D eigenvalue weighted by molar-refractivity contribution is 0.207. The van der Waals surface area contributed by atoms with Crippen molar-refractivity contribution in [2.45, 2.75) is 32.0 Å². The molecule has 2 aromatic carbocycles. The lowest BCUT2D eigenvalue weighted by atomic mass is 10.2. The fourth-order valence-corrected chi connectivity index (χ4v) is 2.93. The molecule has 1 heterocycles. The van der Waals surface area contributed by atoms with Crippen molar-refractivity contribution >= 4 is 11.6 Å². The highest BCUT2D eigenvalue weighted by atomic mass is 35.5. The molecule has 1 saturated carbocycles. The third-order valence-electron chi connectivity index (χ3n) is 4.30. The second-order valence-corrected chi connectivity index (χ2v) is 6.68. The Morgan fingerprint density at radius 2 is 1.84 bits per heavy atom. The topological polar surface area (TPSA) is 42.2 Å². The summed E-state index contributed by atoms with van der Waals surface area (Å²) in [5.41, 5.74) is 1.54. The lowest BCUT2D eigenvalue weighted by Gasteiger charge is -2.20. The van der Waals surface area contributed by atoms with E-state index in [1.165, 1.54) is 6.07 Å². The highest BCUT2D eigenvalue weighted by Crippen LogP contribution is 2.30. The third-order valence-corrected chi connectivity index (χ3v) is 4.56. The quantitative estimate of drug-likeness (QED) is 0.641. The van der Waals surface area contributed by atoms with Crippen molar-refractivity contribution in [2.24, 2.45) is 0 Å². The van der Waals surface area contributed by atoms with Gasteiger partial charge in [0.1, 0.15) is 5.82 Å². The summed E-state index contributed by atoms with van der Waals surface area (Å²) >= 11 is 5.90. The third kappa shape index (κ3) is 3.89. The molecule has 128 valence electrons. The van der Waals surface area contributed by atoms with E-state index in [9.17, 15) is 4.39 Å².